The van der Waals surface area contributed by atoms with Gasteiger partial charge in [0.05, 0.1) is 5.56 Å². The van der Waals surface area contributed by atoms with E-state index in [0.29, 0.717) is 11.5 Å². The Labute approximate surface area is 105 Å². The first kappa shape index (κ1) is 13.0. The molecule has 0 saturated heterocycles. The molecule has 0 aliphatic carbocycles. The van der Waals surface area contributed by atoms with Gasteiger partial charge in [0, 0.05) is 16.7 Å². The molecule has 0 aromatic heterocycles. The van der Waals surface area contributed by atoms with E-state index in [1.54, 1.807) is 0 Å². The Kier molecular flexibility index (Phi) is 5.30. The molecule has 1 atom stereocenters. The maximum absolute atomic E-state index is 8.79. The molecule has 1 rings (SSSR count). The molecular formula is C12H16BrN3. The highest BCUT2D eigenvalue weighted by Crippen LogP contribution is 2.20. The van der Waals surface area contributed by atoms with Crippen molar-refractivity contribution in [2.75, 3.05) is 25.5 Å². The van der Waals surface area contributed by atoms with Gasteiger partial charge in [-0.3, -0.25) is 0 Å². The molecule has 3 nitrogen and oxygen atoms in total. The fraction of sp³-hybridized carbons (Fsp3) is 0.417. The number of halogens is 1. The number of nitrogens with zero attached hydrogens (tertiary/aromatic N) is 1. The monoisotopic (exact) mass is 281 g/mol. The Morgan fingerprint density at radius 1 is 1.44 bits per heavy atom. The highest BCUT2D eigenvalue weighted by atomic mass is 79.9. The smallest absolute Gasteiger partial charge is 0.100 e. The van der Waals surface area contributed by atoms with Crippen molar-refractivity contribution >= 4 is 21.6 Å². The van der Waals surface area contributed by atoms with Crippen LogP contribution in [0.5, 0.6) is 0 Å². The molecule has 0 aliphatic rings. The first-order valence-corrected chi connectivity index (χ1v) is 6.04. The van der Waals surface area contributed by atoms with Crippen molar-refractivity contribution in [1.82, 2.24) is 5.32 Å². The molecule has 0 amide bonds. The Morgan fingerprint density at radius 3 is 2.75 bits per heavy atom. The number of rotatable bonds is 5. The highest BCUT2D eigenvalue weighted by molar-refractivity contribution is 9.10. The topological polar surface area (TPSA) is 47.8 Å². The van der Waals surface area contributed by atoms with Crippen LogP contribution in [-0.2, 0) is 0 Å². The lowest BCUT2D eigenvalue weighted by atomic mass is 10.1. The van der Waals surface area contributed by atoms with Gasteiger partial charge in [-0.1, -0.05) is 6.92 Å². The first-order valence-electron chi connectivity index (χ1n) is 5.25. The third-order valence-corrected chi connectivity index (χ3v) is 2.95. The van der Waals surface area contributed by atoms with Gasteiger partial charge in [-0.2, -0.15) is 5.26 Å². The first-order chi connectivity index (χ1) is 7.67. The second-order valence-electron chi connectivity index (χ2n) is 3.85. The highest BCUT2D eigenvalue weighted by Gasteiger charge is 2.02. The summed E-state index contributed by atoms with van der Waals surface area (Å²) in [6.45, 7) is 4.09. The van der Waals surface area contributed by atoms with Crippen LogP contribution in [0.2, 0.25) is 0 Å². The van der Waals surface area contributed by atoms with Gasteiger partial charge in [0.1, 0.15) is 6.07 Å². The minimum atomic E-state index is 0.569. The van der Waals surface area contributed by atoms with Crippen LogP contribution in [0.25, 0.3) is 0 Å². The van der Waals surface area contributed by atoms with Crippen LogP contribution in [0.3, 0.4) is 0 Å². The third kappa shape index (κ3) is 3.84. The molecule has 0 heterocycles. The molecule has 1 unspecified atom stereocenters. The number of nitrogens with one attached hydrogen (secondary N) is 2. The summed E-state index contributed by atoms with van der Waals surface area (Å²) < 4.78 is 0.835. The standard InChI is InChI=1S/C12H16BrN3/c1-9(7-15-2)8-16-11-4-3-10(6-14)12(13)5-11/h3-5,9,15-16H,7-8H2,1-2H3. The number of hydrogen-bond acceptors (Lipinski definition) is 3. The maximum Gasteiger partial charge on any atom is 0.100 e. The lowest BCUT2D eigenvalue weighted by Gasteiger charge is -2.13. The van der Waals surface area contributed by atoms with E-state index in [9.17, 15) is 0 Å². The normalized spacial score (nSPS) is 11.9. The van der Waals surface area contributed by atoms with Gasteiger partial charge < -0.3 is 10.6 Å². The van der Waals surface area contributed by atoms with Crippen molar-refractivity contribution in [1.29, 1.82) is 5.26 Å². The zero-order chi connectivity index (χ0) is 12.0. The predicted molar refractivity (Wildman–Crippen MR) is 70.4 cm³/mol. The van der Waals surface area contributed by atoms with E-state index in [1.165, 1.54) is 0 Å². The van der Waals surface area contributed by atoms with Crippen molar-refractivity contribution in [3.63, 3.8) is 0 Å². The molecule has 1 aromatic rings. The van der Waals surface area contributed by atoms with E-state index in [1.807, 2.05) is 25.2 Å². The average Bonchev–Trinajstić information content (AvgIpc) is 2.27. The van der Waals surface area contributed by atoms with Crippen LogP contribution in [0.15, 0.2) is 22.7 Å². The molecule has 86 valence electrons. The average molecular weight is 282 g/mol. The molecule has 0 fully saturated rings. The molecule has 4 heteroatoms. The summed E-state index contributed by atoms with van der Waals surface area (Å²) in [6.07, 6.45) is 0. The lowest BCUT2D eigenvalue weighted by Crippen LogP contribution is -2.22. The summed E-state index contributed by atoms with van der Waals surface area (Å²) >= 11 is 3.37. The number of benzene rings is 1. The minimum absolute atomic E-state index is 0.569. The van der Waals surface area contributed by atoms with E-state index in [2.05, 4.69) is 39.6 Å². The minimum Gasteiger partial charge on any atom is -0.385 e. The SMILES string of the molecule is CNCC(C)CNc1ccc(C#N)c(Br)c1. The van der Waals surface area contributed by atoms with Crippen molar-refractivity contribution < 1.29 is 0 Å². The van der Waals surface area contributed by atoms with Crippen molar-refractivity contribution in [3.8, 4) is 6.07 Å². The maximum atomic E-state index is 8.79. The molecule has 0 spiro atoms. The molecular weight excluding hydrogens is 266 g/mol. The quantitative estimate of drug-likeness (QED) is 0.872. The van der Waals surface area contributed by atoms with Crippen LogP contribution in [0.1, 0.15) is 12.5 Å². The number of nitriles is 1. The number of anilines is 1. The van der Waals surface area contributed by atoms with Crippen LogP contribution in [-0.4, -0.2) is 20.1 Å². The molecule has 1 aromatic carbocycles. The van der Waals surface area contributed by atoms with Crippen LogP contribution in [0, 0.1) is 17.2 Å². The zero-order valence-electron chi connectivity index (χ0n) is 9.55. The molecule has 0 aliphatic heterocycles. The van der Waals surface area contributed by atoms with E-state index in [4.69, 9.17) is 5.26 Å². The molecule has 0 radical (unpaired) electrons. The predicted octanol–water partition coefficient (Wildman–Crippen LogP) is 2.59. The summed E-state index contributed by atoms with van der Waals surface area (Å²) in [7, 11) is 1.95. The zero-order valence-corrected chi connectivity index (χ0v) is 11.1. The fourth-order valence-corrected chi connectivity index (χ4v) is 1.90. The Bertz CT molecular complexity index is 384. The fourth-order valence-electron chi connectivity index (χ4n) is 1.43. The van der Waals surface area contributed by atoms with Crippen LogP contribution >= 0.6 is 15.9 Å². The van der Waals surface area contributed by atoms with E-state index in [0.717, 1.165) is 23.2 Å². The Morgan fingerprint density at radius 2 is 2.19 bits per heavy atom. The van der Waals surface area contributed by atoms with E-state index in [-0.39, 0.29) is 0 Å². The summed E-state index contributed by atoms with van der Waals surface area (Å²) in [6, 6.07) is 7.80. The second-order valence-corrected chi connectivity index (χ2v) is 4.70. The summed E-state index contributed by atoms with van der Waals surface area (Å²) in [5, 5.41) is 15.3. The van der Waals surface area contributed by atoms with E-state index >= 15 is 0 Å². The van der Waals surface area contributed by atoms with Gasteiger partial charge in [-0.15, -0.1) is 0 Å². The van der Waals surface area contributed by atoms with Crippen LogP contribution < -0.4 is 10.6 Å². The van der Waals surface area contributed by atoms with Gasteiger partial charge in [0.2, 0.25) is 0 Å². The van der Waals surface area contributed by atoms with Gasteiger partial charge in [-0.25, -0.2) is 0 Å². The third-order valence-electron chi connectivity index (χ3n) is 2.30. The van der Waals surface area contributed by atoms with Gasteiger partial charge in [-0.05, 0) is 53.6 Å². The Balaban J connectivity index is 2.56. The van der Waals surface area contributed by atoms with Crippen LogP contribution in [0.4, 0.5) is 5.69 Å². The van der Waals surface area contributed by atoms with E-state index < -0.39 is 0 Å². The lowest BCUT2D eigenvalue weighted by molar-refractivity contribution is 0.569. The van der Waals surface area contributed by atoms with Gasteiger partial charge in [0.15, 0.2) is 0 Å². The largest absolute Gasteiger partial charge is 0.385 e. The molecule has 0 bridgehead atoms. The van der Waals surface area contributed by atoms with Gasteiger partial charge in [0.25, 0.3) is 0 Å². The summed E-state index contributed by atoms with van der Waals surface area (Å²) in [5.74, 6) is 0.569. The molecule has 0 saturated carbocycles. The molecule has 2 N–H and O–H groups in total. The Hall–Kier alpha value is -1.05. The summed E-state index contributed by atoms with van der Waals surface area (Å²) in [5.41, 5.74) is 1.70. The summed E-state index contributed by atoms with van der Waals surface area (Å²) in [4.78, 5) is 0. The van der Waals surface area contributed by atoms with Crippen molar-refractivity contribution in [2.45, 2.75) is 6.92 Å². The van der Waals surface area contributed by atoms with Crippen molar-refractivity contribution in [3.05, 3.63) is 28.2 Å². The van der Waals surface area contributed by atoms with Gasteiger partial charge >= 0.3 is 0 Å². The second kappa shape index (κ2) is 6.51. The number of hydrogen-bond donors (Lipinski definition) is 2. The molecule has 16 heavy (non-hydrogen) atoms. The van der Waals surface area contributed by atoms with Crippen molar-refractivity contribution in [2.24, 2.45) is 5.92 Å².